The smallest absolute Gasteiger partial charge is 0.120 e. The Morgan fingerprint density at radius 3 is 1.66 bits per heavy atom. The van der Waals surface area contributed by atoms with Crippen molar-refractivity contribution in [1.82, 2.24) is 0 Å². The van der Waals surface area contributed by atoms with E-state index in [4.69, 9.17) is 23.7 Å². The predicted octanol–water partition coefficient (Wildman–Crippen LogP) is 7.00. The van der Waals surface area contributed by atoms with E-state index >= 15 is 0 Å². The van der Waals surface area contributed by atoms with Crippen LogP contribution in [0.1, 0.15) is 56.9 Å². The quantitative estimate of drug-likeness (QED) is 0.125. The highest BCUT2D eigenvalue weighted by atomic mass is 16.6. The van der Waals surface area contributed by atoms with Crippen LogP contribution in [0.4, 0.5) is 0 Å². The lowest BCUT2D eigenvalue weighted by atomic mass is 10.1. The van der Waals surface area contributed by atoms with Gasteiger partial charge in [0.05, 0.1) is 33.0 Å². The van der Waals surface area contributed by atoms with Crippen LogP contribution < -0.4 is 9.47 Å². The summed E-state index contributed by atoms with van der Waals surface area (Å²) in [6.45, 7) is 8.56. The summed E-state index contributed by atoms with van der Waals surface area (Å²) in [5.41, 5.74) is 1.15. The van der Waals surface area contributed by atoms with Crippen LogP contribution in [0, 0.1) is 0 Å². The Kier molecular flexibility index (Phi) is 17.3. The zero-order valence-corrected chi connectivity index (χ0v) is 21.3. The van der Waals surface area contributed by atoms with Crippen LogP contribution in [0.2, 0.25) is 0 Å². The molecule has 2 aromatic rings. The molecule has 0 unspecified atom stereocenters. The molecule has 0 aliphatic heterocycles. The molecule has 0 radical (unpaired) electrons. The van der Waals surface area contributed by atoms with E-state index < -0.39 is 0 Å². The monoisotopic (exact) mass is 484 g/mol. The molecule has 0 aromatic heterocycles. The summed E-state index contributed by atoms with van der Waals surface area (Å²) in [6, 6.07) is 17.8. The van der Waals surface area contributed by atoms with Gasteiger partial charge in [-0.05, 0) is 49.1 Å². The molecule has 0 heterocycles. The molecule has 0 N–H and O–H groups in total. The van der Waals surface area contributed by atoms with Crippen LogP contribution in [0.3, 0.4) is 0 Å². The molecular formula is C30H44O5. The number of allylic oxidation sites excluding steroid dienone is 1. The van der Waals surface area contributed by atoms with Gasteiger partial charge in [-0.25, -0.2) is 0 Å². The minimum atomic E-state index is 0.502. The number of benzene rings is 2. The maximum Gasteiger partial charge on any atom is 0.120 e. The van der Waals surface area contributed by atoms with Crippen molar-refractivity contribution in [2.75, 3.05) is 46.2 Å². The normalized spacial score (nSPS) is 10.9. The molecule has 0 saturated carbocycles. The van der Waals surface area contributed by atoms with Crippen molar-refractivity contribution in [3.63, 3.8) is 0 Å². The fourth-order valence-electron chi connectivity index (χ4n) is 3.51. The molecule has 0 atom stereocenters. The lowest BCUT2D eigenvalue weighted by Crippen LogP contribution is -2.13. The SMILES string of the molecule is C=CCCCCCCCCCOCCOCCOCCOc1ccc(OCc2ccccc2)cc1. The van der Waals surface area contributed by atoms with E-state index in [2.05, 4.69) is 6.58 Å². The van der Waals surface area contributed by atoms with E-state index in [1.165, 1.54) is 38.5 Å². The van der Waals surface area contributed by atoms with Gasteiger partial charge < -0.3 is 23.7 Å². The van der Waals surface area contributed by atoms with E-state index in [0.717, 1.165) is 36.5 Å². The molecular weight excluding hydrogens is 440 g/mol. The van der Waals surface area contributed by atoms with Gasteiger partial charge in [-0.3, -0.25) is 0 Å². The molecule has 194 valence electrons. The fraction of sp³-hybridized carbons (Fsp3) is 0.533. The van der Waals surface area contributed by atoms with E-state index in [1.54, 1.807) is 0 Å². The Bertz CT molecular complexity index is 732. The summed E-state index contributed by atoms with van der Waals surface area (Å²) < 4.78 is 28.2. The zero-order chi connectivity index (χ0) is 24.7. The molecule has 5 nitrogen and oxygen atoms in total. The van der Waals surface area contributed by atoms with Crippen LogP contribution in [0.25, 0.3) is 0 Å². The average molecular weight is 485 g/mol. The largest absolute Gasteiger partial charge is 0.491 e. The van der Waals surface area contributed by atoms with E-state index in [0.29, 0.717) is 46.2 Å². The summed E-state index contributed by atoms with van der Waals surface area (Å²) in [6.07, 6.45) is 12.2. The van der Waals surface area contributed by atoms with E-state index in [1.807, 2.05) is 60.7 Å². The average Bonchev–Trinajstić information content (AvgIpc) is 2.90. The van der Waals surface area contributed by atoms with Crippen molar-refractivity contribution in [3.05, 3.63) is 72.8 Å². The Morgan fingerprint density at radius 1 is 0.514 bits per heavy atom. The fourth-order valence-corrected chi connectivity index (χ4v) is 3.51. The van der Waals surface area contributed by atoms with Gasteiger partial charge in [0.15, 0.2) is 0 Å². The van der Waals surface area contributed by atoms with Gasteiger partial charge in [0, 0.05) is 6.61 Å². The predicted molar refractivity (Wildman–Crippen MR) is 142 cm³/mol. The third-order valence-electron chi connectivity index (χ3n) is 5.51. The number of ether oxygens (including phenoxy) is 5. The van der Waals surface area contributed by atoms with Crippen molar-refractivity contribution in [2.24, 2.45) is 0 Å². The highest BCUT2D eigenvalue weighted by Crippen LogP contribution is 2.18. The van der Waals surface area contributed by atoms with Crippen molar-refractivity contribution in [3.8, 4) is 11.5 Å². The Morgan fingerprint density at radius 2 is 1.03 bits per heavy atom. The van der Waals surface area contributed by atoms with Gasteiger partial charge >= 0.3 is 0 Å². The van der Waals surface area contributed by atoms with E-state index in [9.17, 15) is 0 Å². The molecule has 0 saturated heterocycles. The van der Waals surface area contributed by atoms with Crippen LogP contribution in [-0.2, 0) is 20.8 Å². The summed E-state index contributed by atoms with van der Waals surface area (Å²) in [4.78, 5) is 0. The van der Waals surface area contributed by atoms with Crippen molar-refractivity contribution >= 4 is 0 Å². The Hall–Kier alpha value is -2.34. The zero-order valence-electron chi connectivity index (χ0n) is 21.3. The molecule has 0 aliphatic rings. The molecule has 0 spiro atoms. The summed E-state index contributed by atoms with van der Waals surface area (Å²) in [5.74, 6) is 1.63. The molecule has 0 amide bonds. The second-order valence-electron chi connectivity index (χ2n) is 8.48. The lowest BCUT2D eigenvalue weighted by Gasteiger charge is -2.10. The molecule has 35 heavy (non-hydrogen) atoms. The number of hydrogen-bond donors (Lipinski definition) is 0. The minimum Gasteiger partial charge on any atom is -0.491 e. The van der Waals surface area contributed by atoms with E-state index in [-0.39, 0.29) is 0 Å². The number of hydrogen-bond acceptors (Lipinski definition) is 5. The van der Waals surface area contributed by atoms with Crippen molar-refractivity contribution in [1.29, 1.82) is 0 Å². The third kappa shape index (κ3) is 16.0. The Labute approximate surface area is 212 Å². The highest BCUT2D eigenvalue weighted by molar-refractivity contribution is 5.31. The first-order valence-corrected chi connectivity index (χ1v) is 13.1. The first-order chi connectivity index (χ1) is 17.4. The summed E-state index contributed by atoms with van der Waals surface area (Å²) in [5, 5.41) is 0. The maximum atomic E-state index is 5.79. The van der Waals surface area contributed by atoms with Crippen molar-refractivity contribution in [2.45, 2.75) is 58.0 Å². The van der Waals surface area contributed by atoms with Crippen LogP contribution in [-0.4, -0.2) is 46.2 Å². The number of unbranched alkanes of at least 4 members (excludes halogenated alkanes) is 7. The molecule has 5 heteroatoms. The molecule has 2 aromatic carbocycles. The molecule has 0 fully saturated rings. The second kappa shape index (κ2) is 21.0. The van der Waals surface area contributed by atoms with Gasteiger partial charge in [-0.2, -0.15) is 0 Å². The van der Waals surface area contributed by atoms with Gasteiger partial charge in [0.25, 0.3) is 0 Å². The van der Waals surface area contributed by atoms with Gasteiger partial charge in [-0.15, -0.1) is 6.58 Å². The first kappa shape index (κ1) is 28.9. The number of rotatable bonds is 23. The van der Waals surface area contributed by atoms with Gasteiger partial charge in [-0.1, -0.05) is 68.5 Å². The lowest BCUT2D eigenvalue weighted by molar-refractivity contribution is 0.00878. The van der Waals surface area contributed by atoms with Crippen LogP contribution >= 0.6 is 0 Å². The molecule has 0 aliphatic carbocycles. The van der Waals surface area contributed by atoms with Gasteiger partial charge in [0.1, 0.15) is 24.7 Å². The third-order valence-corrected chi connectivity index (χ3v) is 5.51. The summed E-state index contributed by atoms with van der Waals surface area (Å²) >= 11 is 0. The summed E-state index contributed by atoms with van der Waals surface area (Å²) in [7, 11) is 0. The van der Waals surface area contributed by atoms with Crippen LogP contribution in [0.5, 0.6) is 11.5 Å². The topological polar surface area (TPSA) is 46.2 Å². The Balaban J connectivity index is 1.31. The van der Waals surface area contributed by atoms with Gasteiger partial charge in [0.2, 0.25) is 0 Å². The highest BCUT2D eigenvalue weighted by Gasteiger charge is 1.99. The second-order valence-corrected chi connectivity index (χ2v) is 8.48. The van der Waals surface area contributed by atoms with Crippen molar-refractivity contribution < 1.29 is 23.7 Å². The van der Waals surface area contributed by atoms with Crippen LogP contribution in [0.15, 0.2) is 67.3 Å². The molecule has 0 bridgehead atoms. The maximum absolute atomic E-state index is 5.79. The minimum absolute atomic E-state index is 0.502. The molecule has 2 rings (SSSR count). The first-order valence-electron chi connectivity index (χ1n) is 13.1. The standard InChI is InChI=1S/C30H44O5/c1-2-3-4-5-6-7-8-9-13-20-31-21-22-32-23-24-33-25-26-34-29-16-18-30(19-17-29)35-27-28-14-11-10-12-15-28/h2,10-12,14-19H,1,3-9,13,20-27H2.